The molecule has 10 heteroatoms. The molecule has 2 amide bonds. The van der Waals surface area contributed by atoms with Crippen molar-refractivity contribution in [3.05, 3.63) is 79.2 Å². The number of carbonyl (C=O) groups is 1. The Hall–Kier alpha value is -3.57. The van der Waals surface area contributed by atoms with Crippen LogP contribution in [0.25, 0.3) is 20.7 Å². The lowest BCUT2D eigenvalue weighted by molar-refractivity contribution is 0.0937. The largest absolute Gasteiger partial charge is 0.394 e. The van der Waals surface area contributed by atoms with Crippen molar-refractivity contribution in [3.63, 3.8) is 0 Å². The molecule has 0 unspecified atom stereocenters. The number of aliphatic hydroxyl groups is 1. The third-order valence-electron chi connectivity index (χ3n) is 7.81. The highest BCUT2D eigenvalue weighted by atomic mass is 32.1. The smallest absolute Gasteiger partial charge is 0.320 e. The number of hydrogen-bond donors (Lipinski definition) is 2. The van der Waals surface area contributed by atoms with E-state index in [0.29, 0.717) is 5.82 Å². The number of fused-ring (bicyclic) bond motifs is 1. The maximum absolute atomic E-state index is 12.9. The number of carbonyl (C=O) groups excluding carboxylic acids is 1. The van der Waals surface area contributed by atoms with Crippen LogP contribution in [0.4, 0.5) is 10.6 Å². The summed E-state index contributed by atoms with van der Waals surface area (Å²) in [5.41, 5.74) is 4.08. The van der Waals surface area contributed by atoms with E-state index in [1.165, 1.54) is 5.56 Å². The van der Waals surface area contributed by atoms with Crippen molar-refractivity contribution in [1.29, 1.82) is 0 Å². The molecule has 0 bridgehead atoms. The number of urea groups is 1. The van der Waals surface area contributed by atoms with Crippen LogP contribution >= 0.6 is 11.3 Å². The number of thiophene rings is 1. The van der Waals surface area contributed by atoms with Gasteiger partial charge in [-0.3, -0.25) is 4.90 Å². The summed E-state index contributed by atoms with van der Waals surface area (Å²) in [6, 6.07) is 10.6. The molecule has 43 heavy (non-hydrogen) atoms. The first-order valence-corrected chi connectivity index (χ1v) is 15.9. The van der Waals surface area contributed by atoms with Crippen LogP contribution in [0.5, 0.6) is 0 Å². The number of rotatable bonds is 9. The van der Waals surface area contributed by atoms with E-state index < -0.39 is 0 Å². The second-order valence-electron chi connectivity index (χ2n) is 10.6. The van der Waals surface area contributed by atoms with E-state index in [4.69, 9.17) is 0 Å². The lowest BCUT2D eigenvalue weighted by Gasteiger charge is -2.40. The summed E-state index contributed by atoms with van der Waals surface area (Å²) >= 11 is 1.63. The number of aromatic nitrogens is 2. The predicted octanol–water partition coefficient (Wildman–Crippen LogP) is 4.94. The number of amides is 2. The molecule has 2 aliphatic heterocycles. The first kappa shape index (κ1) is 32.3. The Labute approximate surface area is 259 Å². The van der Waals surface area contributed by atoms with Crippen LogP contribution < -0.4 is 5.32 Å². The highest BCUT2D eigenvalue weighted by molar-refractivity contribution is 7.22. The Morgan fingerprint density at radius 3 is 2.28 bits per heavy atom. The highest BCUT2D eigenvalue weighted by Gasteiger charge is 2.27. The van der Waals surface area contributed by atoms with E-state index in [1.54, 1.807) is 29.8 Å². The fourth-order valence-electron chi connectivity index (χ4n) is 5.29. The molecule has 0 aliphatic carbocycles. The van der Waals surface area contributed by atoms with Crippen molar-refractivity contribution in [2.75, 3.05) is 71.3 Å². The first-order chi connectivity index (χ1) is 21.0. The van der Waals surface area contributed by atoms with E-state index in [0.717, 1.165) is 85.1 Å². The summed E-state index contributed by atoms with van der Waals surface area (Å²) in [7, 11) is 2.11. The number of likely N-dealkylation sites (N-methyl/N-ethyl adjacent to an activating group) is 1. The Morgan fingerprint density at radius 2 is 1.67 bits per heavy atom. The molecule has 0 saturated carbocycles. The Kier molecular flexibility index (Phi) is 11.9. The van der Waals surface area contributed by atoms with Gasteiger partial charge in [0, 0.05) is 63.8 Å². The maximum Gasteiger partial charge on any atom is 0.320 e. The average Bonchev–Trinajstić information content (AvgIpc) is 3.50. The third kappa shape index (κ3) is 8.08. The van der Waals surface area contributed by atoms with Crippen LogP contribution in [0.15, 0.2) is 73.6 Å². The molecule has 2 fully saturated rings. The molecule has 0 radical (unpaired) electrons. The summed E-state index contributed by atoms with van der Waals surface area (Å²) < 4.78 is 0.941. The van der Waals surface area contributed by atoms with Crippen molar-refractivity contribution in [2.45, 2.75) is 26.4 Å². The summed E-state index contributed by atoms with van der Waals surface area (Å²) in [4.78, 5) is 31.6. The molecule has 230 valence electrons. The number of anilines is 1. The van der Waals surface area contributed by atoms with Crippen LogP contribution in [-0.2, 0) is 6.54 Å². The average molecular weight is 604 g/mol. The van der Waals surface area contributed by atoms with Gasteiger partial charge in [-0.15, -0.1) is 11.3 Å². The quantitative estimate of drug-likeness (QED) is 0.335. The zero-order chi connectivity index (χ0) is 30.8. The van der Waals surface area contributed by atoms with Gasteiger partial charge >= 0.3 is 6.03 Å². The standard InChI is InChI=1S/C31H39N7O2S.C2H6/c1-4-6-24(5-2)27(21-39)34-30-29-26(32-22-33-30)19-28(41-29)25-9-7-23(8-10-25)20-36-13-17-38(18-14-36)31(40)37-15-11-35(3)12-16-37;1-2/h4-10,19,22,27,39H,1-2,11-18,20-21H2,3H3,(H,32,33,34);1-2H3/b24-6+;/t27-;/m1./s1. The van der Waals surface area contributed by atoms with Gasteiger partial charge in [0.2, 0.25) is 0 Å². The number of nitrogens with one attached hydrogen (secondary N) is 1. The van der Waals surface area contributed by atoms with Gasteiger partial charge in [-0.25, -0.2) is 14.8 Å². The molecule has 2 N–H and O–H groups in total. The SMILES string of the molecule is C=C/C=C(\C=C)[C@@H](CO)Nc1ncnc2cc(-c3ccc(CN4CCN(C(=O)N5CCN(C)CC5)CC4)cc3)sc12.CC. The molecule has 4 heterocycles. The minimum Gasteiger partial charge on any atom is -0.394 e. The van der Waals surface area contributed by atoms with Crippen LogP contribution in [0.2, 0.25) is 0 Å². The lowest BCUT2D eigenvalue weighted by atomic mass is 10.1. The topological polar surface area (TPSA) is 88.1 Å². The van der Waals surface area contributed by atoms with Gasteiger partial charge in [0.1, 0.15) is 12.1 Å². The van der Waals surface area contributed by atoms with Gasteiger partial charge in [-0.05, 0) is 29.8 Å². The summed E-state index contributed by atoms with van der Waals surface area (Å²) in [5, 5.41) is 13.3. The zero-order valence-corrected chi connectivity index (χ0v) is 26.5. The predicted molar refractivity (Wildman–Crippen MR) is 178 cm³/mol. The molecule has 1 aromatic carbocycles. The van der Waals surface area contributed by atoms with Gasteiger partial charge in [0.05, 0.1) is 22.9 Å². The molecule has 2 aliphatic rings. The number of aliphatic hydroxyl groups excluding tert-OH is 1. The molecule has 3 aromatic rings. The van der Waals surface area contributed by atoms with E-state index >= 15 is 0 Å². The Bertz CT molecular complexity index is 1390. The first-order valence-electron chi connectivity index (χ1n) is 15.1. The van der Waals surface area contributed by atoms with Crippen LogP contribution in [0, 0.1) is 0 Å². The molecule has 9 nitrogen and oxygen atoms in total. The fraction of sp³-hybridized carbons (Fsp3) is 0.424. The highest BCUT2D eigenvalue weighted by Crippen LogP contribution is 2.36. The van der Waals surface area contributed by atoms with E-state index in [1.807, 2.05) is 29.7 Å². The number of nitrogens with zero attached hydrogens (tertiary/aromatic N) is 6. The molecule has 1 atom stereocenters. The van der Waals surface area contributed by atoms with Crippen molar-refractivity contribution in [2.24, 2.45) is 0 Å². The molecule has 2 aromatic heterocycles. The van der Waals surface area contributed by atoms with E-state index in [9.17, 15) is 9.90 Å². The van der Waals surface area contributed by atoms with Crippen LogP contribution in [0.3, 0.4) is 0 Å². The Morgan fingerprint density at radius 1 is 1.02 bits per heavy atom. The second-order valence-corrected chi connectivity index (χ2v) is 11.6. The number of benzene rings is 1. The van der Waals surface area contributed by atoms with E-state index in [2.05, 4.69) is 75.6 Å². The van der Waals surface area contributed by atoms with Gasteiger partial charge in [0.25, 0.3) is 0 Å². The summed E-state index contributed by atoms with van der Waals surface area (Å²) in [5.74, 6) is 0.684. The van der Waals surface area contributed by atoms with Gasteiger partial charge < -0.3 is 25.1 Å². The molecular weight excluding hydrogens is 558 g/mol. The van der Waals surface area contributed by atoms with Gasteiger partial charge in [-0.2, -0.15) is 0 Å². The third-order valence-corrected chi connectivity index (χ3v) is 8.99. The maximum atomic E-state index is 12.9. The summed E-state index contributed by atoms with van der Waals surface area (Å²) in [6.45, 7) is 19.2. The molecule has 5 rings (SSSR count). The van der Waals surface area contributed by atoms with E-state index in [-0.39, 0.29) is 18.7 Å². The second kappa shape index (κ2) is 15.8. The molecule has 2 saturated heterocycles. The van der Waals surface area contributed by atoms with Crippen molar-refractivity contribution >= 4 is 33.4 Å². The number of allylic oxidation sites excluding steroid dienone is 2. The van der Waals surface area contributed by atoms with Gasteiger partial charge in [-0.1, -0.05) is 69.5 Å². The normalized spacial score (nSPS) is 17.3. The van der Waals surface area contributed by atoms with Crippen molar-refractivity contribution in [1.82, 2.24) is 29.6 Å². The van der Waals surface area contributed by atoms with Crippen LogP contribution in [-0.4, -0.2) is 113 Å². The summed E-state index contributed by atoms with van der Waals surface area (Å²) in [6.07, 6.45) is 6.76. The zero-order valence-electron chi connectivity index (χ0n) is 25.7. The minimum atomic E-state index is -0.347. The lowest BCUT2D eigenvalue weighted by Crippen LogP contribution is -2.56. The molecular formula is C33H45N7O2S. The number of piperazine rings is 2. The van der Waals surface area contributed by atoms with Crippen molar-refractivity contribution in [3.8, 4) is 10.4 Å². The van der Waals surface area contributed by atoms with Gasteiger partial charge in [0.15, 0.2) is 0 Å². The fourth-order valence-corrected chi connectivity index (χ4v) is 6.36. The Balaban J connectivity index is 0.00000207. The number of hydrogen-bond acceptors (Lipinski definition) is 8. The van der Waals surface area contributed by atoms with Crippen molar-refractivity contribution < 1.29 is 9.90 Å². The minimum absolute atomic E-state index is 0.0987. The van der Waals surface area contributed by atoms with Crippen LogP contribution in [0.1, 0.15) is 19.4 Å². The molecule has 0 spiro atoms. The monoisotopic (exact) mass is 603 g/mol.